The number of aliphatic hydroxyl groups excluding tert-OH is 1. The standard InChI is InChI=1S/C16H27N5O/c1-20(2)14-5-13(18-15(19-14)21(3)4)17-12-8-16(9-12)6-11(7-16)10-22/h5,11-12,22H,6-10H2,1-4H3,(H,17,18,19). The summed E-state index contributed by atoms with van der Waals surface area (Å²) in [6, 6.07) is 2.51. The van der Waals surface area contributed by atoms with Crippen molar-refractivity contribution in [2.45, 2.75) is 31.7 Å². The van der Waals surface area contributed by atoms with Gasteiger partial charge in [-0.3, -0.25) is 0 Å². The normalized spacial score (nSPS) is 29.7. The van der Waals surface area contributed by atoms with Crippen molar-refractivity contribution >= 4 is 17.6 Å². The van der Waals surface area contributed by atoms with E-state index in [-0.39, 0.29) is 0 Å². The van der Waals surface area contributed by atoms with Gasteiger partial charge in [-0.2, -0.15) is 9.97 Å². The monoisotopic (exact) mass is 305 g/mol. The maximum absolute atomic E-state index is 9.16. The maximum Gasteiger partial charge on any atom is 0.228 e. The number of rotatable bonds is 5. The second-order valence-corrected chi connectivity index (χ2v) is 7.41. The molecule has 2 aliphatic rings. The molecule has 0 atom stereocenters. The Kier molecular flexibility index (Phi) is 3.89. The van der Waals surface area contributed by atoms with Gasteiger partial charge in [0.2, 0.25) is 5.95 Å². The fourth-order valence-corrected chi connectivity index (χ4v) is 3.85. The third-order valence-electron chi connectivity index (χ3n) is 4.97. The van der Waals surface area contributed by atoms with Crippen LogP contribution in [0.25, 0.3) is 0 Å². The SMILES string of the molecule is CN(C)c1cc(NC2CC3(CC(CO)C3)C2)nc(N(C)C)n1. The maximum atomic E-state index is 9.16. The molecule has 2 saturated carbocycles. The van der Waals surface area contributed by atoms with Crippen molar-refractivity contribution in [1.82, 2.24) is 9.97 Å². The van der Waals surface area contributed by atoms with E-state index >= 15 is 0 Å². The fourth-order valence-electron chi connectivity index (χ4n) is 3.85. The quantitative estimate of drug-likeness (QED) is 0.861. The van der Waals surface area contributed by atoms with E-state index in [2.05, 4.69) is 15.3 Å². The van der Waals surface area contributed by atoms with Crippen molar-refractivity contribution in [2.75, 3.05) is 49.9 Å². The summed E-state index contributed by atoms with van der Waals surface area (Å²) in [5.41, 5.74) is 0.507. The minimum atomic E-state index is 0.351. The molecule has 0 aliphatic heterocycles. The topological polar surface area (TPSA) is 64.5 Å². The lowest BCUT2D eigenvalue weighted by atomic mass is 9.50. The lowest BCUT2D eigenvalue weighted by Crippen LogP contribution is -2.53. The number of aromatic nitrogens is 2. The van der Waals surface area contributed by atoms with Crippen LogP contribution in [0.15, 0.2) is 6.07 Å². The number of nitrogens with zero attached hydrogens (tertiary/aromatic N) is 4. The highest BCUT2D eigenvalue weighted by Gasteiger charge is 2.52. The number of hydrogen-bond donors (Lipinski definition) is 2. The van der Waals surface area contributed by atoms with Crippen LogP contribution in [0.2, 0.25) is 0 Å². The summed E-state index contributed by atoms with van der Waals surface area (Å²) in [6.45, 7) is 0.351. The summed E-state index contributed by atoms with van der Waals surface area (Å²) in [6.07, 6.45) is 4.78. The van der Waals surface area contributed by atoms with Gasteiger partial charge >= 0.3 is 0 Å². The van der Waals surface area contributed by atoms with Gasteiger partial charge < -0.3 is 20.2 Å². The Balaban J connectivity index is 1.63. The van der Waals surface area contributed by atoms with Gasteiger partial charge in [-0.1, -0.05) is 0 Å². The Hall–Kier alpha value is -1.56. The average Bonchev–Trinajstić information content (AvgIpc) is 2.39. The van der Waals surface area contributed by atoms with Crippen LogP contribution in [0.1, 0.15) is 25.7 Å². The van der Waals surface area contributed by atoms with E-state index < -0.39 is 0 Å². The zero-order valence-corrected chi connectivity index (χ0v) is 14.0. The molecule has 0 bridgehead atoms. The van der Waals surface area contributed by atoms with Crippen molar-refractivity contribution in [3.63, 3.8) is 0 Å². The van der Waals surface area contributed by atoms with Gasteiger partial charge in [0, 0.05) is 46.9 Å². The van der Waals surface area contributed by atoms with Crippen LogP contribution in [-0.4, -0.2) is 55.9 Å². The second kappa shape index (κ2) is 5.57. The first-order chi connectivity index (χ1) is 10.4. The summed E-state index contributed by atoms with van der Waals surface area (Å²) in [7, 11) is 7.90. The van der Waals surface area contributed by atoms with Crippen LogP contribution in [0.4, 0.5) is 17.6 Å². The van der Waals surface area contributed by atoms with Gasteiger partial charge in [0.1, 0.15) is 11.6 Å². The smallest absolute Gasteiger partial charge is 0.228 e. The molecule has 6 heteroatoms. The van der Waals surface area contributed by atoms with Gasteiger partial charge in [-0.25, -0.2) is 0 Å². The Bertz CT molecular complexity index is 505. The van der Waals surface area contributed by atoms with Crippen LogP contribution in [0.5, 0.6) is 0 Å². The summed E-state index contributed by atoms with van der Waals surface area (Å²) >= 11 is 0. The molecule has 2 aliphatic carbocycles. The molecule has 22 heavy (non-hydrogen) atoms. The van der Waals surface area contributed by atoms with Crippen molar-refractivity contribution in [1.29, 1.82) is 0 Å². The Morgan fingerprint density at radius 1 is 1.14 bits per heavy atom. The van der Waals surface area contributed by atoms with E-state index in [1.807, 2.05) is 44.1 Å². The number of aliphatic hydroxyl groups is 1. The number of nitrogens with one attached hydrogen (secondary N) is 1. The second-order valence-electron chi connectivity index (χ2n) is 7.41. The zero-order chi connectivity index (χ0) is 15.9. The van der Waals surface area contributed by atoms with E-state index in [0.29, 0.717) is 24.0 Å². The van der Waals surface area contributed by atoms with Gasteiger partial charge in [-0.05, 0) is 37.0 Å². The third kappa shape index (κ3) is 2.84. The highest BCUT2D eigenvalue weighted by molar-refractivity contribution is 5.54. The first-order valence-corrected chi connectivity index (χ1v) is 8.02. The van der Waals surface area contributed by atoms with E-state index in [0.717, 1.165) is 17.6 Å². The third-order valence-corrected chi connectivity index (χ3v) is 4.97. The summed E-state index contributed by atoms with van der Waals surface area (Å²) in [5, 5.41) is 12.7. The van der Waals surface area contributed by atoms with Crippen LogP contribution in [-0.2, 0) is 0 Å². The Morgan fingerprint density at radius 2 is 1.82 bits per heavy atom. The zero-order valence-electron chi connectivity index (χ0n) is 14.0. The minimum absolute atomic E-state index is 0.351. The van der Waals surface area contributed by atoms with E-state index in [4.69, 9.17) is 5.11 Å². The molecule has 1 heterocycles. The molecular formula is C16H27N5O. The van der Waals surface area contributed by atoms with E-state index in [9.17, 15) is 0 Å². The molecule has 2 fully saturated rings. The predicted octanol–water partition coefficient (Wildman–Crippen LogP) is 1.57. The molecule has 0 unspecified atom stereocenters. The van der Waals surface area contributed by atoms with Crippen molar-refractivity contribution in [3.8, 4) is 0 Å². The van der Waals surface area contributed by atoms with Crippen molar-refractivity contribution < 1.29 is 5.11 Å². The van der Waals surface area contributed by atoms with Crippen LogP contribution in [0.3, 0.4) is 0 Å². The molecule has 1 aromatic heterocycles. The highest BCUT2D eigenvalue weighted by atomic mass is 16.3. The van der Waals surface area contributed by atoms with Gasteiger partial charge in [0.05, 0.1) is 0 Å². The van der Waals surface area contributed by atoms with Gasteiger partial charge in [0.15, 0.2) is 0 Å². The summed E-state index contributed by atoms with van der Waals surface area (Å²) in [5.74, 6) is 3.09. The Labute approximate surface area is 132 Å². The summed E-state index contributed by atoms with van der Waals surface area (Å²) in [4.78, 5) is 13.1. The lowest BCUT2D eigenvalue weighted by Gasteiger charge is -2.57. The molecule has 0 aromatic carbocycles. The molecule has 122 valence electrons. The van der Waals surface area contributed by atoms with Crippen molar-refractivity contribution in [3.05, 3.63) is 6.07 Å². The number of hydrogen-bond acceptors (Lipinski definition) is 6. The molecule has 0 saturated heterocycles. The largest absolute Gasteiger partial charge is 0.396 e. The Morgan fingerprint density at radius 3 is 2.36 bits per heavy atom. The minimum Gasteiger partial charge on any atom is -0.396 e. The van der Waals surface area contributed by atoms with Gasteiger partial charge in [-0.15, -0.1) is 0 Å². The van der Waals surface area contributed by atoms with Gasteiger partial charge in [0.25, 0.3) is 0 Å². The van der Waals surface area contributed by atoms with E-state index in [1.165, 1.54) is 25.7 Å². The van der Waals surface area contributed by atoms with Crippen LogP contribution < -0.4 is 15.1 Å². The molecule has 1 spiro atoms. The number of anilines is 3. The lowest BCUT2D eigenvalue weighted by molar-refractivity contribution is -0.0534. The first kappa shape index (κ1) is 15.3. The molecule has 0 amide bonds. The molecule has 0 radical (unpaired) electrons. The van der Waals surface area contributed by atoms with E-state index in [1.54, 1.807) is 0 Å². The van der Waals surface area contributed by atoms with Crippen LogP contribution in [0, 0.1) is 11.3 Å². The molecule has 2 N–H and O–H groups in total. The summed E-state index contributed by atoms with van der Waals surface area (Å²) < 4.78 is 0. The highest BCUT2D eigenvalue weighted by Crippen LogP contribution is 2.59. The first-order valence-electron chi connectivity index (χ1n) is 8.02. The average molecular weight is 305 g/mol. The molecule has 6 nitrogen and oxygen atoms in total. The molecular weight excluding hydrogens is 278 g/mol. The van der Waals surface area contributed by atoms with Crippen LogP contribution >= 0.6 is 0 Å². The molecule has 1 aromatic rings. The fraction of sp³-hybridized carbons (Fsp3) is 0.750. The molecule has 3 rings (SSSR count). The predicted molar refractivity (Wildman–Crippen MR) is 89.6 cm³/mol. The van der Waals surface area contributed by atoms with Crippen molar-refractivity contribution in [2.24, 2.45) is 11.3 Å².